The quantitative estimate of drug-likeness (QED) is 0.192. The summed E-state index contributed by atoms with van der Waals surface area (Å²) in [6.07, 6.45) is 0. The Balaban J connectivity index is 1.52. The maximum absolute atomic E-state index is 10.2. The van der Waals surface area contributed by atoms with E-state index in [4.69, 9.17) is 33.2 Å². The van der Waals surface area contributed by atoms with Gasteiger partial charge in [0.15, 0.2) is 17.5 Å². The Morgan fingerprint density at radius 2 is 1.04 bits per heavy atom. The SMILES string of the molecule is [2H]c1c([2H])c([2H])c(-c2nc(-c3c([2H])c([2H])c([2H])c([2H])c3[2H])nc(-c3c([2H])c(-n4c5c([2H])c([2H])c([2H])c([2H])c5c5c([2H])c6c([2H])c([2H])c([2H])c([2H])c6c([2H])c54)c([2H])c4oc5c([2H])c([2H])c([2H])c([2H])c5c34)n2)c([2H])c1[2H]. The minimum atomic E-state index is -1.02. The van der Waals surface area contributed by atoms with E-state index in [1.807, 2.05) is 0 Å². The molecule has 0 spiro atoms. The van der Waals surface area contributed by atoms with Gasteiger partial charge in [0.05, 0.1) is 52.4 Å². The van der Waals surface area contributed by atoms with Crippen molar-refractivity contribution < 1.29 is 40.1 Å². The van der Waals surface area contributed by atoms with E-state index in [-0.39, 0.29) is 0 Å². The highest BCUT2D eigenvalue weighted by molar-refractivity contribution is 6.15. The zero-order valence-electron chi connectivity index (χ0n) is 49.7. The second-order valence-corrected chi connectivity index (χ2v) is 10.1. The molecule has 224 valence electrons. The van der Waals surface area contributed by atoms with Crippen molar-refractivity contribution in [1.82, 2.24) is 19.5 Å². The van der Waals surface area contributed by atoms with Gasteiger partial charge in [-0.05, 0) is 41.0 Å². The smallest absolute Gasteiger partial charge is 0.164 e. The molecular formula is C43H26N4O. The summed E-state index contributed by atoms with van der Waals surface area (Å²) in [7, 11) is 0. The van der Waals surface area contributed by atoms with Gasteiger partial charge in [0, 0.05) is 44.3 Å². The average Bonchev–Trinajstić information content (AvgIpc) is 3.94. The first kappa shape index (κ1) is 11.6. The lowest BCUT2D eigenvalue weighted by Gasteiger charge is -2.13. The molecule has 10 aromatic rings. The first-order valence-electron chi connectivity index (χ1n) is 26.9. The van der Waals surface area contributed by atoms with Crippen LogP contribution in [-0.4, -0.2) is 19.5 Å². The van der Waals surface area contributed by atoms with Crippen LogP contribution < -0.4 is 0 Å². The lowest BCUT2D eigenvalue weighted by Crippen LogP contribution is -2.01. The molecular weight excluding hydrogens is 589 g/mol. The van der Waals surface area contributed by atoms with Crippen molar-refractivity contribution in [3.05, 3.63) is 157 Å². The molecule has 48 heavy (non-hydrogen) atoms. The number of hydrogen-bond acceptors (Lipinski definition) is 4. The Hall–Kier alpha value is -6.59. The van der Waals surface area contributed by atoms with E-state index in [0.717, 1.165) is 4.57 Å². The minimum absolute atomic E-state index is 0.508. The standard InChI is InChI=1S/C43H26N4O/c1-3-13-27(14-4-1)41-44-42(28-15-5-2-6-16-28)46-43(45-41)35-25-31(26-39-40(35)33-20-10-12-22-38(33)48-39)47-36-21-11-9-19-32(36)34-23-29-17-7-8-18-30(29)24-37(34)47/h1-26H/i1D,2D,3D,4D,5D,6D,7D,8D,9D,10D,11D,12D,13D,14D,15D,16D,17D,18D,19D,20D,21D,22D,23D,24D,25D,26D. The van der Waals surface area contributed by atoms with Crippen LogP contribution in [0.15, 0.2) is 162 Å². The Morgan fingerprint density at radius 3 is 1.77 bits per heavy atom. The van der Waals surface area contributed by atoms with Gasteiger partial charge in [-0.3, -0.25) is 0 Å². The van der Waals surface area contributed by atoms with Crippen molar-refractivity contribution in [2.45, 2.75) is 0 Å². The molecule has 0 aliphatic rings. The first-order valence-corrected chi connectivity index (χ1v) is 13.9. The second kappa shape index (κ2) is 10.5. The summed E-state index contributed by atoms with van der Waals surface area (Å²) in [5, 5.41) is -3.21. The Morgan fingerprint density at radius 1 is 0.458 bits per heavy atom. The van der Waals surface area contributed by atoms with Gasteiger partial charge in [0.25, 0.3) is 0 Å². The van der Waals surface area contributed by atoms with Crippen molar-refractivity contribution in [1.29, 1.82) is 0 Å². The van der Waals surface area contributed by atoms with Crippen LogP contribution in [0.2, 0.25) is 0 Å². The zero-order chi connectivity index (χ0) is 54.2. The van der Waals surface area contributed by atoms with Gasteiger partial charge in [-0.25, -0.2) is 15.0 Å². The van der Waals surface area contributed by atoms with Crippen LogP contribution in [0.4, 0.5) is 0 Å². The summed E-state index contributed by atoms with van der Waals surface area (Å²) in [6.45, 7) is 0. The first-order chi connectivity index (χ1) is 34.6. The fourth-order valence-corrected chi connectivity index (χ4v) is 5.38. The number of benzene rings is 7. The molecule has 0 saturated carbocycles. The molecule has 10 rings (SSSR count). The molecule has 0 radical (unpaired) electrons. The van der Waals surface area contributed by atoms with Gasteiger partial charge in [-0.2, -0.15) is 0 Å². The lowest BCUT2D eigenvalue weighted by molar-refractivity contribution is 0.668. The van der Waals surface area contributed by atoms with E-state index < -0.39 is 251 Å². The van der Waals surface area contributed by atoms with E-state index in [2.05, 4.69) is 15.0 Å². The molecule has 3 aromatic heterocycles. The number of hydrogen-bond donors (Lipinski definition) is 0. The minimum Gasteiger partial charge on any atom is -0.456 e. The molecule has 0 fully saturated rings. The molecule has 0 bridgehead atoms. The molecule has 3 heterocycles. The number of furan rings is 1. The predicted molar refractivity (Wildman–Crippen MR) is 195 cm³/mol. The van der Waals surface area contributed by atoms with E-state index in [1.165, 1.54) is 0 Å². The summed E-state index contributed by atoms with van der Waals surface area (Å²) in [4.78, 5) is 13.2. The van der Waals surface area contributed by atoms with Gasteiger partial charge < -0.3 is 8.98 Å². The maximum Gasteiger partial charge on any atom is 0.164 e. The Labute approximate surface area is 311 Å². The van der Waals surface area contributed by atoms with E-state index in [0.29, 0.717) is 0 Å². The number of rotatable bonds is 4. The van der Waals surface area contributed by atoms with Crippen LogP contribution in [0, 0.1) is 0 Å². The van der Waals surface area contributed by atoms with Crippen molar-refractivity contribution in [3.63, 3.8) is 0 Å². The molecule has 0 atom stereocenters. The monoisotopic (exact) mass is 640 g/mol. The fourth-order valence-electron chi connectivity index (χ4n) is 5.38. The molecule has 0 N–H and O–H groups in total. The van der Waals surface area contributed by atoms with Gasteiger partial charge in [-0.1, -0.05) is 121 Å². The molecule has 0 saturated heterocycles. The average molecular weight is 641 g/mol. The highest BCUT2D eigenvalue weighted by Crippen LogP contribution is 2.41. The van der Waals surface area contributed by atoms with Crippen LogP contribution in [0.3, 0.4) is 0 Å². The van der Waals surface area contributed by atoms with Gasteiger partial charge in [0.2, 0.25) is 0 Å². The predicted octanol–water partition coefficient (Wildman–Crippen LogP) is 11.0. The van der Waals surface area contributed by atoms with Crippen LogP contribution in [0.25, 0.3) is 94.4 Å². The molecule has 0 amide bonds. The number of aromatic nitrogens is 4. The number of nitrogens with zero attached hydrogens (tertiary/aromatic N) is 4. The largest absolute Gasteiger partial charge is 0.456 e. The van der Waals surface area contributed by atoms with Crippen LogP contribution in [0.5, 0.6) is 0 Å². The second-order valence-electron chi connectivity index (χ2n) is 10.1. The molecule has 0 aliphatic heterocycles. The third-order valence-electron chi connectivity index (χ3n) is 7.37. The zero-order valence-corrected chi connectivity index (χ0v) is 23.7. The van der Waals surface area contributed by atoms with Gasteiger partial charge in [-0.15, -0.1) is 0 Å². The van der Waals surface area contributed by atoms with Gasteiger partial charge >= 0.3 is 0 Å². The summed E-state index contributed by atoms with van der Waals surface area (Å²) >= 11 is 0. The van der Waals surface area contributed by atoms with Crippen LogP contribution in [-0.2, 0) is 0 Å². The number of fused-ring (bicyclic) bond motifs is 7. The molecule has 5 nitrogen and oxygen atoms in total. The van der Waals surface area contributed by atoms with Crippen LogP contribution in [0.1, 0.15) is 35.6 Å². The summed E-state index contributed by atoms with van der Waals surface area (Å²) in [5.74, 6) is -2.55. The molecule has 7 aromatic carbocycles. The highest BCUT2D eigenvalue weighted by Gasteiger charge is 2.21. The summed E-state index contributed by atoms with van der Waals surface area (Å²) in [6, 6.07) is -22.6. The lowest BCUT2D eigenvalue weighted by atomic mass is 10.0. The van der Waals surface area contributed by atoms with E-state index in [9.17, 15) is 6.85 Å². The molecule has 0 aliphatic carbocycles. The summed E-state index contributed by atoms with van der Waals surface area (Å²) in [5.41, 5.74) is -5.65. The summed E-state index contributed by atoms with van der Waals surface area (Å²) < 4.78 is 237. The Kier molecular flexibility index (Phi) is 2.53. The molecule has 5 heteroatoms. The van der Waals surface area contributed by atoms with Crippen molar-refractivity contribution in [2.75, 3.05) is 0 Å². The van der Waals surface area contributed by atoms with Crippen molar-refractivity contribution in [3.8, 4) is 39.9 Å². The van der Waals surface area contributed by atoms with E-state index >= 15 is 0 Å². The number of para-hydroxylation sites is 2. The topological polar surface area (TPSA) is 56.7 Å². The highest BCUT2D eigenvalue weighted by atomic mass is 16.3. The maximum atomic E-state index is 10.2. The van der Waals surface area contributed by atoms with Crippen molar-refractivity contribution in [2.24, 2.45) is 0 Å². The third-order valence-corrected chi connectivity index (χ3v) is 7.37. The normalized spacial score (nSPS) is 19.3. The molecule has 0 unspecified atom stereocenters. The van der Waals surface area contributed by atoms with Crippen LogP contribution >= 0.6 is 0 Å². The van der Waals surface area contributed by atoms with Gasteiger partial charge in [0.1, 0.15) is 11.2 Å². The Bertz CT molecular complexity index is 4190. The fraction of sp³-hybridized carbons (Fsp3) is 0. The van der Waals surface area contributed by atoms with E-state index in [1.54, 1.807) is 0 Å². The van der Waals surface area contributed by atoms with Crippen molar-refractivity contribution >= 4 is 54.5 Å². The third kappa shape index (κ3) is 4.15.